The minimum Gasteiger partial charge on any atom is -0.481 e. The Labute approximate surface area is 92.7 Å². The van der Waals surface area contributed by atoms with Gasteiger partial charge in [-0.15, -0.1) is 11.6 Å². The maximum atomic E-state index is 11.0. The first-order chi connectivity index (χ1) is 7.11. The average molecular weight is 227 g/mol. The minimum absolute atomic E-state index is 0.00370. The molecule has 0 aliphatic carbocycles. The number of rotatable bonds is 5. The van der Waals surface area contributed by atoms with Crippen molar-refractivity contribution in [2.45, 2.75) is 12.8 Å². The molecule has 1 aromatic carbocycles. The van der Waals surface area contributed by atoms with E-state index in [0.717, 1.165) is 11.1 Å². The molecule has 0 saturated carbocycles. The van der Waals surface area contributed by atoms with Gasteiger partial charge in [-0.05, 0) is 11.1 Å². The number of benzene rings is 1. The molecule has 0 amide bonds. The maximum Gasteiger partial charge on any atom is 0.307 e. The van der Waals surface area contributed by atoms with Crippen LogP contribution < -0.4 is 0 Å². The van der Waals surface area contributed by atoms with Crippen LogP contribution in [0.3, 0.4) is 0 Å². The lowest BCUT2D eigenvalue weighted by Gasteiger charge is -2.00. The van der Waals surface area contributed by atoms with E-state index in [1.54, 1.807) is 24.3 Å². The Balaban J connectivity index is 2.64. The second-order valence-electron chi connectivity index (χ2n) is 3.24. The molecule has 15 heavy (non-hydrogen) atoms. The number of ketones is 1. The molecule has 0 aliphatic heterocycles. The van der Waals surface area contributed by atoms with E-state index in [-0.39, 0.29) is 18.1 Å². The molecule has 0 bridgehead atoms. The number of alkyl halides is 1. The number of carboxylic acid groups (broad SMARTS) is 1. The number of carboxylic acids is 1. The summed E-state index contributed by atoms with van der Waals surface area (Å²) in [6.07, 6.45) is 0.306. The van der Waals surface area contributed by atoms with E-state index in [1.807, 2.05) is 0 Å². The standard InChI is InChI=1S/C11H11ClO3/c12-7-10(13)5-8-1-3-9(4-2-8)6-11(14)15/h1-4H,5-7H2,(H,14,15). The fourth-order valence-corrected chi connectivity index (χ4v) is 1.32. The second-order valence-corrected chi connectivity index (χ2v) is 3.50. The van der Waals surface area contributed by atoms with Crippen LogP contribution in [0.5, 0.6) is 0 Å². The molecular weight excluding hydrogens is 216 g/mol. The maximum absolute atomic E-state index is 11.0. The molecule has 0 aliphatic rings. The summed E-state index contributed by atoms with van der Waals surface area (Å²) in [6.45, 7) is 0. The topological polar surface area (TPSA) is 54.4 Å². The van der Waals surface area contributed by atoms with E-state index in [0.29, 0.717) is 6.42 Å². The van der Waals surface area contributed by atoms with Gasteiger partial charge in [-0.1, -0.05) is 24.3 Å². The van der Waals surface area contributed by atoms with Crippen molar-refractivity contribution in [1.29, 1.82) is 0 Å². The number of aliphatic carboxylic acids is 1. The fourth-order valence-electron chi connectivity index (χ4n) is 1.22. The van der Waals surface area contributed by atoms with Crippen molar-refractivity contribution < 1.29 is 14.7 Å². The van der Waals surface area contributed by atoms with Crippen LogP contribution in [0.2, 0.25) is 0 Å². The summed E-state index contributed by atoms with van der Waals surface area (Å²) < 4.78 is 0. The smallest absolute Gasteiger partial charge is 0.307 e. The molecule has 0 radical (unpaired) electrons. The third-order valence-corrected chi connectivity index (χ3v) is 2.23. The van der Waals surface area contributed by atoms with Gasteiger partial charge >= 0.3 is 5.97 Å². The van der Waals surface area contributed by atoms with Crippen LogP contribution in [0.1, 0.15) is 11.1 Å². The first kappa shape index (κ1) is 11.7. The molecule has 4 heteroatoms. The van der Waals surface area contributed by atoms with E-state index in [1.165, 1.54) is 0 Å². The van der Waals surface area contributed by atoms with Gasteiger partial charge in [-0.25, -0.2) is 0 Å². The van der Waals surface area contributed by atoms with Crippen LogP contribution in [0.15, 0.2) is 24.3 Å². The monoisotopic (exact) mass is 226 g/mol. The summed E-state index contributed by atoms with van der Waals surface area (Å²) in [4.78, 5) is 21.4. The molecule has 0 atom stereocenters. The molecular formula is C11H11ClO3. The highest BCUT2D eigenvalue weighted by Crippen LogP contribution is 2.06. The van der Waals surface area contributed by atoms with Gasteiger partial charge in [0.05, 0.1) is 12.3 Å². The summed E-state index contributed by atoms with van der Waals surface area (Å²) in [6, 6.07) is 6.93. The summed E-state index contributed by atoms with van der Waals surface area (Å²) in [5.74, 6) is -0.890. The Kier molecular flexibility index (Phi) is 4.31. The SMILES string of the molecule is O=C(O)Cc1ccc(CC(=O)CCl)cc1. The Morgan fingerprint density at radius 3 is 1.93 bits per heavy atom. The van der Waals surface area contributed by atoms with Crippen molar-refractivity contribution in [3.63, 3.8) is 0 Å². The number of Topliss-reactive ketones (excluding diaryl/α,β-unsaturated/α-hetero) is 1. The Morgan fingerprint density at radius 2 is 1.53 bits per heavy atom. The van der Waals surface area contributed by atoms with Crippen molar-refractivity contribution in [3.05, 3.63) is 35.4 Å². The van der Waals surface area contributed by atoms with Crippen LogP contribution in [0, 0.1) is 0 Å². The van der Waals surface area contributed by atoms with Crippen LogP contribution >= 0.6 is 11.6 Å². The van der Waals surface area contributed by atoms with Crippen molar-refractivity contribution in [2.75, 3.05) is 5.88 Å². The molecule has 0 heterocycles. The molecule has 0 fully saturated rings. The molecule has 0 unspecified atom stereocenters. The van der Waals surface area contributed by atoms with Crippen LogP contribution in [-0.4, -0.2) is 22.7 Å². The van der Waals surface area contributed by atoms with Crippen LogP contribution in [0.4, 0.5) is 0 Å². The average Bonchev–Trinajstić information content (AvgIpc) is 2.20. The Morgan fingerprint density at radius 1 is 1.07 bits per heavy atom. The van der Waals surface area contributed by atoms with E-state index in [4.69, 9.17) is 16.7 Å². The van der Waals surface area contributed by atoms with Gasteiger partial charge < -0.3 is 5.11 Å². The van der Waals surface area contributed by atoms with Crippen molar-refractivity contribution >= 4 is 23.4 Å². The van der Waals surface area contributed by atoms with E-state index in [9.17, 15) is 9.59 Å². The third-order valence-electron chi connectivity index (χ3n) is 1.93. The third kappa shape index (κ3) is 4.13. The Bertz CT molecular complexity index is 357. The normalized spacial score (nSPS) is 9.93. The highest BCUT2D eigenvalue weighted by atomic mass is 35.5. The number of halogens is 1. The zero-order valence-corrected chi connectivity index (χ0v) is 8.83. The lowest BCUT2D eigenvalue weighted by molar-refractivity contribution is -0.136. The van der Waals surface area contributed by atoms with E-state index < -0.39 is 5.97 Å². The molecule has 0 aromatic heterocycles. The lowest BCUT2D eigenvalue weighted by Crippen LogP contribution is -2.04. The molecule has 3 nitrogen and oxygen atoms in total. The van der Waals surface area contributed by atoms with Gasteiger partial charge in [-0.3, -0.25) is 9.59 Å². The number of hydrogen-bond acceptors (Lipinski definition) is 2. The Hall–Kier alpha value is -1.35. The van der Waals surface area contributed by atoms with Gasteiger partial charge in [0.15, 0.2) is 5.78 Å². The van der Waals surface area contributed by atoms with Crippen molar-refractivity contribution in [1.82, 2.24) is 0 Å². The molecule has 1 rings (SSSR count). The van der Waals surface area contributed by atoms with Gasteiger partial charge in [0.2, 0.25) is 0 Å². The quantitative estimate of drug-likeness (QED) is 0.777. The van der Waals surface area contributed by atoms with Gasteiger partial charge in [0.1, 0.15) is 0 Å². The highest BCUT2D eigenvalue weighted by Gasteiger charge is 2.03. The zero-order valence-electron chi connectivity index (χ0n) is 8.07. The predicted molar refractivity (Wildman–Crippen MR) is 57.2 cm³/mol. The van der Waals surface area contributed by atoms with Crippen LogP contribution in [-0.2, 0) is 22.4 Å². The van der Waals surface area contributed by atoms with Gasteiger partial charge in [-0.2, -0.15) is 0 Å². The summed E-state index contributed by atoms with van der Waals surface area (Å²) in [7, 11) is 0. The molecule has 0 saturated heterocycles. The number of hydrogen-bond donors (Lipinski definition) is 1. The molecule has 1 N–H and O–H groups in total. The fraction of sp³-hybridized carbons (Fsp3) is 0.273. The van der Waals surface area contributed by atoms with Crippen molar-refractivity contribution in [3.8, 4) is 0 Å². The first-order valence-corrected chi connectivity index (χ1v) is 5.02. The number of carbonyl (C=O) groups is 2. The first-order valence-electron chi connectivity index (χ1n) is 4.49. The van der Waals surface area contributed by atoms with Crippen LogP contribution in [0.25, 0.3) is 0 Å². The summed E-state index contributed by atoms with van der Waals surface area (Å²) in [5, 5.41) is 8.55. The zero-order chi connectivity index (χ0) is 11.3. The van der Waals surface area contributed by atoms with Gasteiger partial charge in [0.25, 0.3) is 0 Å². The lowest BCUT2D eigenvalue weighted by atomic mass is 10.1. The largest absolute Gasteiger partial charge is 0.481 e. The summed E-state index contributed by atoms with van der Waals surface area (Å²) in [5.41, 5.74) is 1.58. The van der Waals surface area contributed by atoms with Crippen molar-refractivity contribution in [2.24, 2.45) is 0 Å². The van der Waals surface area contributed by atoms with Gasteiger partial charge in [0, 0.05) is 6.42 Å². The van der Waals surface area contributed by atoms with E-state index >= 15 is 0 Å². The second kappa shape index (κ2) is 5.51. The molecule has 80 valence electrons. The number of carbonyl (C=O) groups excluding carboxylic acids is 1. The minimum atomic E-state index is -0.861. The van der Waals surface area contributed by atoms with E-state index in [2.05, 4.69) is 0 Å². The molecule has 1 aromatic rings. The molecule has 0 spiro atoms. The summed E-state index contributed by atoms with van der Waals surface area (Å²) >= 11 is 5.37. The predicted octanol–water partition coefficient (Wildman–Crippen LogP) is 1.66. The highest BCUT2D eigenvalue weighted by molar-refractivity contribution is 6.27.